The van der Waals surface area contributed by atoms with Crippen molar-refractivity contribution in [1.82, 2.24) is 0 Å². The fourth-order valence-corrected chi connectivity index (χ4v) is 4.71. The lowest BCUT2D eigenvalue weighted by atomic mass is 10.1. The van der Waals surface area contributed by atoms with Crippen LogP contribution >= 0.6 is 11.3 Å². The number of aryl methyl sites for hydroxylation is 1. The first kappa shape index (κ1) is 17.9. The topological polar surface area (TPSA) is 107 Å². The van der Waals surface area contributed by atoms with Crippen LogP contribution in [0.4, 0.5) is 5.00 Å². The van der Waals surface area contributed by atoms with Crippen molar-refractivity contribution in [2.75, 3.05) is 23.8 Å². The zero-order chi connectivity index (χ0) is 17.4. The standard InChI is InChI=1S/C14H20N2O5S2/c1-4-21-14(18)12-8(2)9(3)22-13(12)16-6-10(5-11(16)17)7-23(15,19)20/h10H,4-7H2,1-3H3,(H2,15,19,20). The molecule has 1 amide bonds. The number of carbonyl (C=O) groups is 2. The SMILES string of the molecule is CCOC(=O)c1c(N2CC(CS(N)(=O)=O)CC2=O)sc(C)c1C. The molecule has 0 aliphatic carbocycles. The van der Waals surface area contributed by atoms with Gasteiger partial charge in [-0.25, -0.2) is 18.4 Å². The Morgan fingerprint density at radius 2 is 2.09 bits per heavy atom. The lowest BCUT2D eigenvalue weighted by Gasteiger charge is -2.16. The number of thiophene rings is 1. The van der Waals surface area contributed by atoms with E-state index in [-0.39, 0.29) is 37.2 Å². The van der Waals surface area contributed by atoms with Crippen molar-refractivity contribution < 1.29 is 22.7 Å². The maximum absolute atomic E-state index is 12.3. The van der Waals surface area contributed by atoms with Crippen LogP contribution in [0.1, 0.15) is 34.1 Å². The highest BCUT2D eigenvalue weighted by molar-refractivity contribution is 7.89. The molecule has 1 atom stereocenters. The van der Waals surface area contributed by atoms with Gasteiger partial charge in [-0.05, 0) is 26.3 Å². The molecule has 0 spiro atoms. The number of ether oxygens (including phenoxy) is 1. The Labute approximate surface area is 139 Å². The normalized spacial score (nSPS) is 18.5. The second-order valence-electron chi connectivity index (χ2n) is 5.59. The van der Waals surface area contributed by atoms with Gasteiger partial charge < -0.3 is 9.64 Å². The largest absolute Gasteiger partial charge is 0.462 e. The van der Waals surface area contributed by atoms with E-state index in [9.17, 15) is 18.0 Å². The number of hydrogen-bond acceptors (Lipinski definition) is 6. The first-order valence-corrected chi connectivity index (χ1v) is 9.75. The Kier molecular flexibility index (Phi) is 5.12. The molecular weight excluding hydrogens is 340 g/mol. The molecule has 1 aromatic heterocycles. The maximum Gasteiger partial charge on any atom is 0.341 e. The highest BCUT2D eigenvalue weighted by Gasteiger charge is 2.36. The molecule has 0 radical (unpaired) electrons. The summed E-state index contributed by atoms with van der Waals surface area (Å²) in [5.74, 6) is -1.28. The molecule has 9 heteroatoms. The number of rotatable bonds is 5. The van der Waals surface area contributed by atoms with Gasteiger partial charge in [0.05, 0.1) is 17.9 Å². The van der Waals surface area contributed by atoms with Crippen LogP contribution in [-0.4, -0.2) is 39.2 Å². The lowest BCUT2D eigenvalue weighted by Crippen LogP contribution is -2.28. The zero-order valence-electron chi connectivity index (χ0n) is 13.3. The molecule has 1 aromatic rings. The van der Waals surface area contributed by atoms with Crippen molar-refractivity contribution in [1.29, 1.82) is 0 Å². The van der Waals surface area contributed by atoms with Gasteiger partial charge in [0.1, 0.15) is 5.00 Å². The highest BCUT2D eigenvalue weighted by Crippen LogP contribution is 2.39. The predicted octanol–water partition coefficient (Wildman–Crippen LogP) is 1.18. The van der Waals surface area contributed by atoms with Crippen molar-refractivity contribution in [2.24, 2.45) is 11.1 Å². The summed E-state index contributed by atoms with van der Waals surface area (Å²) in [6.45, 7) is 5.88. The van der Waals surface area contributed by atoms with Crippen molar-refractivity contribution in [3.8, 4) is 0 Å². The quantitative estimate of drug-likeness (QED) is 0.794. The van der Waals surface area contributed by atoms with Gasteiger partial charge >= 0.3 is 5.97 Å². The van der Waals surface area contributed by atoms with Crippen molar-refractivity contribution in [3.63, 3.8) is 0 Å². The van der Waals surface area contributed by atoms with E-state index < -0.39 is 16.0 Å². The van der Waals surface area contributed by atoms with Gasteiger partial charge in [0.25, 0.3) is 0 Å². The van der Waals surface area contributed by atoms with Crippen LogP contribution in [0.25, 0.3) is 0 Å². The average molecular weight is 360 g/mol. The molecule has 2 N–H and O–H groups in total. The summed E-state index contributed by atoms with van der Waals surface area (Å²) in [5.41, 5.74) is 1.17. The molecule has 2 rings (SSSR count). The fraction of sp³-hybridized carbons (Fsp3) is 0.571. The number of nitrogens with two attached hydrogens (primary N) is 1. The number of primary sulfonamides is 1. The Bertz CT molecular complexity index is 739. The minimum atomic E-state index is -3.64. The molecule has 1 fully saturated rings. The Hall–Kier alpha value is -1.45. The maximum atomic E-state index is 12.3. The van der Waals surface area contributed by atoms with E-state index in [2.05, 4.69) is 0 Å². The summed E-state index contributed by atoms with van der Waals surface area (Å²) < 4.78 is 27.5. The monoisotopic (exact) mass is 360 g/mol. The Balaban J connectivity index is 2.33. The van der Waals surface area contributed by atoms with Crippen molar-refractivity contribution in [2.45, 2.75) is 27.2 Å². The third-order valence-electron chi connectivity index (χ3n) is 3.76. The molecule has 0 bridgehead atoms. The van der Waals surface area contributed by atoms with Crippen LogP contribution in [0.3, 0.4) is 0 Å². The minimum absolute atomic E-state index is 0.106. The zero-order valence-corrected chi connectivity index (χ0v) is 14.9. The van der Waals surface area contributed by atoms with E-state index in [4.69, 9.17) is 9.88 Å². The van der Waals surface area contributed by atoms with Gasteiger partial charge in [0.2, 0.25) is 15.9 Å². The number of amides is 1. The molecule has 1 saturated heterocycles. The van der Waals surface area contributed by atoms with Crippen molar-refractivity contribution >= 4 is 38.2 Å². The summed E-state index contributed by atoms with van der Waals surface area (Å²) in [5, 5.41) is 5.59. The van der Waals surface area contributed by atoms with Crippen LogP contribution in [0.2, 0.25) is 0 Å². The number of sulfonamides is 1. The van der Waals surface area contributed by atoms with Gasteiger partial charge in [-0.2, -0.15) is 0 Å². The van der Waals surface area contributed by atoms with E-state index in [0.717, 1.165) is 10.4 Å². The molecule has 128 valence electrons. The summed E-state index contributed by atoms with van der Waals surface area (Å²) in [6.07, 6.45) is 0.106. The van der Waals surface area contributed by atoms with E-state index in [1.165, 1.54) is 16.2 Å². The summed E-state index contributed by atoms with van der Waals surface area (Å²) in [6, 6.07) is 0. The summed E-state index contributed by atoms with van der Waals surface area (Å²) in [4.78, 5) is 26.9. The summed E-state index contributed by atoms with van der Waals surface area (Å²) in [7, 11) is -3.64. The van der Waals surface area contributed by atoms with Crippen molar-refractivity contribution in [3.05, 3.63) is 16.0 Å². The Morgan fingerprint density at radius 3 is 2.65 bits per heavy atom. The van der Waals surface area contributed by atoms with Crippen LogP contribution in [-0.2, 0) is 19.6 Å². The number of hydrogen-bond donors (Lipinski definition) is 1. The van der Waals surface area contributed by atoms with Gasteiger partial charge in [-0.3, -0.25) is 4.79 Å². The highest BCUT2D eigenvalue weighted by atomic mass is 32.2. The number of esters is 1. The van der Waals surface area contributed by atoms with E-state index in [1.807, 2.05) is 13.8 Å². The van der Waals surface area contributed by atoms with E-state index >= 15 is 0 Å². The predicted molar refractivity (Wildman–Crippen MR) is 88.2 cm³/mol. The van der Waals surface area contributed by atoms with Gasteiger partial charge in [0.15, 0.2) is 0 Å². The molecular formula is C14H20N2O5S2. The van der Waals surface area contributed by atoms with E-state index in [1.54, 1.807) is 6.92 Å². The van der Waals surface area contributed by atoms with Crippen LogP contribution < -0.4 is 10.0 Å². The molecule has 7 nitrogen and oxygen atoms in total. The van der Waals surface area contributed by atoms with Crippen LogP contribution in [0.15, 0.2) is 0 Å². The summed E-state index contributed by atoms with van der Waals surface area (Å²) >= 11 is 1.34. The first-order valence-electron chi connectivity index (χ1n) is 7.22. The molecule has 1 aliphatic heterocycles. The second-order valence-corrected chi connectivity index (χ2v) is 8.45. The molecule has 1 unspecified atom stereocenters. The molecule has 1 aliphatic rings. The third-order valence-corrected chi connectivity index (χ3v) is 5.93. The van der Waals surface area contributed by atoms with Gasteiger partial charge in [-0.15, -0.1) is 11.3 Å². The lowest BCUT2D eigenvalue weighted by molar-refractivity contribution is -0.117. The van der Waals surface area contributed by atoms with Crippen LogP contribution in [0.5, 0.6) is 0 Å². The smallest absolute Gasteiger partial charge is 0.341 e. The second kappa shape index (κ2) is 6.58. The van der Waals surface area contributed by atoms with Gasteiger partial charge in [-0.1, -0.05) is 0 Å². The van der Waals surface area contributed by atoms with E-state index in [0.29, 0.717) is 10.6 Å². The Morgan fingerprint density at radius 1 is 1.43 bits per heavy atom. The number of carbonyl (C=O) groups excluding carboxylic acids is 2. The molecule has 23 heavy (non-hydrogen) atoms. The van der Waals surface area contributed by atoms with Gasteiger partial charge in [0, 0.05) is 23.8 Å². The molecule has 0 aromatic carbocycles. The molecule has 2 heterocycles. The third kappa shape index (κ3) is 3.91. The van der Waals surface area contributed by atoms with Crippen LogP contribution in [0, 0.1) is 19.8 Å². The average Bonchev–Trinajstić information content (AvgIpc) is 2.89. The molecule has 0 saturated carbocycles. The number of nitrogens with zero attached hydrogens (tertiary/aromatic N) is 1. The minimum Gasteiger partial charge on any atom is -0.462 e. The number of anilines is 1. The first-order chi connectivity index (χ1) is 10.6. The fourth-order valence-electron chi connectivity index (χ4n) is 2.66.